The van der Waals surface area contributed by atoms with Crippen LogP contribution in [-0.2, 0) is 0 Å². The molecule has 0 atom stereocenters. The van der Waals surface area contributed by atoms with Crippen molar-refractivity contribution < 1.29 is 0 Å². The molecular weight excluding hydrogens is 292 g/mol. The number of aryl methyl sites for hydroxylation is 1. The smallest absolute Gasteiger partial charge is 0.138 e. The van der Waals surface area contributed by atoms with Gasteiger partial charge in [-0.05, 0) is 13.0 Å². The molecule has 0 radical (unpaired) electrons. The van der Waals surface area contributed by atoms with Crippen LogP contribution in [0.1, 0.15) is 16.1 Å². The summed E-state index contributed by atoms with van der Waals surface area (Å²) in [5.41, 5.74) is 5.08. The normalized spacial score (nSPS) is 13.5. The van der Waals surface area contributed by atoms with Crippen molar-refractivity contribution in [3.63, 3.8) is 0 Å². The Bertz CT molecular complexity index is 887. The molecule has 108 valence electrons. The first kappa shape index (κ1) is 13.0. The third-order valence-corrected chi connectivity index (χ3v) is 4.85. The molecule has 0 saturated carbocycles. The van der Waals surface area contributed by atoms with Crippen LogP contribution in [0.5, 0.6) is 0 Å². The lowest BCUT2D eigenvalue weighted by atomic mass is 10.1. The third kappa shape index (κ3) is 2.07. The molecular formula is C17H14N4S. The van der Waals surface area contributed by atoms with Gasteiger partial charge in [0.25, 0.3) is 0 Å². The van der Waals surface area contributed by atoms with Gasteiger partial charge in [-0.25, -0.2) is 4.99 Å². The van der Waals surface area contributed by atoms with E-state index in [9.17, 15) is 0 Å². The average molecular weight is 306 g/mol. The van der Waals surface area contributed by atoms with Crippen LogP contribution in [0.25, 0.3) is 16.1 Å². The number of nitrogens with one attached hydrogen (secondary N) is 2. The van der Waals surface area contributed by atoms with Gasteiger partial charge in [-0.2, -0.15) is 5.10 Å². The fraction of sp³-hybridized carbons (Fsp3) is 0.0588. The molecule has 5 heteroatoms. The number of amidine groups is 1. The Hall–Kier alpha value is -2.66. The van der Waals surface area contributed by atoms with Gasteiger partial charge in [0.2, 0.25) is 0 Å². The number of nitrogens with zero attached hydrogens (tertiary/aromatic N) is 2. The largest absolute Gasteiger partial charge is 0.339 e. The van der Waals surface area contributed by atoms with Crippen LogP contribution >= 0.6 is 11.3 Å². The van der Waals surface area contributed by atoms with Crippen LogP contribution in [0.2, 0.25) is 0 Å². The predicted octanol–water partition coefficient (Wildman–Crippen LogP) is 4.10. The summed E-state index contributed by atoms with van der Waals surface area (Å²) in [5, 5.41) is 10.4. The van der Waals surface area contributed by atoms with E-state index in [2.05, 4.69) is 28.2 Å². The van der Waals surface area contributed by atoms with Gasteiger partial charge in [-0.1, -0.05) is 36.9 Å². The molecule has 0 unspecified atom stereocenters. The summed E-state index contributed by atoms with van der Waals surface area (Å²) < 4.78 is 0. The highest BCUT2D eigenvalue weighted by molar-refractivity contribution is 7.17. The maximum absolute atomic E-state index is 4.75. The minimum absolute atomic E-state index is 0.839. The number of thiophene rings is 1. The highest BCUT2D eigenvalue weighted by Gasteiger charge is 2.20. The first-order chi connectivity index (χ1) is 10.7. The van der Waals surface area contributed by atoms with E-state index >= 15 is 0 Å². The fourth-order valence-corrected chi connectivity index (χ4v) is 3.58. The summed E-state index contributed by atoms with van der Waals surface area (Å²) in [4.78, 5) is 6.98. The maximum atomic E-state index is 4.75. The number of hydrogen-bond acceptors (Lipinski definition) is 4. The molecule has 1 aromatic carbocycles. The lowest BCUT2D eigenvalue weighted by Gasteiger charge is -2.16. The van der Waals surface area contributed by atoms with E-state index in [1.165, 1.54) is 0 Å². The molecule has 0 amide bonds. The van der Waals surface area contributed by atoms with Gasteiger partial charge < -0.3 is 5.32 Å². The van der Waals surface area contributed by atoms with E-state index in [4.69, 9.17) is 4.99 Å². The molecule has 22 heavy (non-hydrogen) atoms. The topological polar surface area (TPSA) is 53.1 Å². The van der Waals surface area contributed by atoms with Crippen LogP contribution in [0, 0.1) is 6.92 Å². The molecule has 0 spiro atoms. The Morgan fingerprint density at radius 3 is 2.73 bits per heavy atom. The minimum atomic E-state index is 0.839. The Balaban J connectivity index is 1.81. The van der Waals surface area contributed by atoms with Gasteiger partial charge in [0, 0.05) is 21.7 Å². The molecule has 0 aliphatic carbocycles. The number of H-pyrrole nitrogens is 1. The zero-order valence-corrected chi connectivity index (χ0v) is 12.9. The number of aromatic nitrogens is 2. The first-order valence-corrected chi connectivity index (χ1v) is 7.78. The van der Waals surface area contributed by atoms with Crippen molar-refractivity contribution in [3.05, 3.63) is 65.3 Å². The summed E-state index contributed by atoms with van der Waals surface area (Å²) in [7, 11) is 0. The van der Waals surface area contributed by atoms with Crippen molar-refractivity contribution in [2.75, 3.05) is 0 Å². The summed E-state index contributed by atoms with van der Waals surface area (Å²) >= 11 is 1.68. The molecule has 4 rings (SSSR count). The molecule has 3 heterocycles. The van der Waals surface area contributed by atoms with Crippen LogP contribution < -0.4 is 5.32 Å². The minimum Gasteiger partial charge on any atom is -0.339 e. The first-order valence-electron chi connectivity index (χ1n) is 6.97. The van der Waals surface area contributed by atoms with Crippen molar-refractivity contribution in [2.45, 2.75) is 6.92 Å². The second-order valence-electron chi connectivity index (χ2n) is 5.16. The lowest BCUT2D eigenvalue weighted by Crippen LogP contribution is -2.24. The monoisotopic (exact) mass is 306 g/mol. The molecule has 1 aliphatic heterocycles. The average Bonchev–Trinajstić information content (AvgIpc) is 3.14. The SMILES string of the molecule is C=C1NC(c2ccccc2)=Nc2cc(-c3cn[nH]c3C)sc21. The maximum Gasteiger partial charge on any atom is 0.138 e. The van der Waals surface area contributed by atoms with E-state index in [-0.39, 0.29) is 0 Å². The molecule has 4 nitrogen and oxygen atoms in total. The Labute approximate surface area is 132 Å². The van der Waals surface area contributed by atoms with Crippen LogP contribution in [0.15, 0.2) is 54.2 Å². The van der Waals surface area contributed by atoms with Crippen molar-refractivity contribution >= 4 is 28.6 Å². The predicted molar refractivity (Wildman–Crippen MR) is 91.4 cm³/mol. The van der Waals surface area contributed by atoms with Crippen molar-refractivity contribution in [1.29, 1.82) is 0 Å². The molecule has 0 saturated heterocycles. The van der Waals surface area contributed by atoms with Crippen molar-refractivity contribution in [1.82, 2.24) is 15.5 Å². The van der Waals surface area contributed by atoms with Gasteiger partial charge in [0.05, 0.1) is 22.5 Å². The molecule has 2 aromatic heterocycles. The van der Waals surface area contributed by atoms with Gasteiger partial charge in [0.1, 0.15) is 5.84 Å². The molecule has 1 aliphatic rings. The number of rotatable bonds is 2. The number of aromatic amines is 1. The van der Waals surface area contributed by atoms with E-state index in [1.807, 2.05) is 43.5 Å². The van der Waals surface area contributed by atoms with Crippen LogP contribution in [-0.4, -0.2) is 16.0 Å². The second-order valence-corrected chi connectivity index (χ2v) is 6.22. The van der Waals surface area contributed by atoms with E-state index in [0.29, 0.717) is 0 Å². The van der Waals surface area contributed by atoms with Gasteiger partial charge in [0.15, 0.2) is 0 Å². The van der Waals surface area contributed by atoms with Gasteiger partial charge >= 0.3 is 0 Å². The molecule has 0 fully saturated rings. The lowest BCUT2D eigenvalue weighted by molar-refractivity contribution is 1.05. The second kappa shape index (κ2) is 4.96. The highest BCUT2D eigenvalue weighted by atomic mass is 32.1. The fourth-order valence-electron chi connectivity index (χ4n) is 2.49. The Kier molecular flexibility index (Phi) is 2.94. The number of benzene rings is 1. The standard InChI is InChI=1S/C17H14N4S/c1-10-13(9-18-21-10)15-8-14-16(22-15)11(2)19-17(20-14)12-6-4-3-5-7-12/h3-9H,2H2,1H3,(H,18,21)(H,19,20). The van der Waals surface area contributed by atoms with Gasteiger partial charge in [-0.3, -0.25) is 5.10 Å². The van der Waals surface area contributed by atoms with E-state index in [1.54, 1.807) is 11.3 Å². The number of fused-ring (bicyclic) bond motifs is 1. The Morgan fingerprint density at radius 1 is 1.18 bits per heavy atom. The Morgan fingerprint density at radius 2 is 2.00 bits per heavy atom. The van der Waals surface area contributed by atoms with Crippen molar-refractivity contribution in [2.24, 2.45) is 4.99 Å². The van der Waals surface area contributed by atoms with E-state index in [0.717, 1.165) is 43.8 Å². The molecule has 0 bridgehead atoms. The molecule has 2 N–H and O–H groups in total. The summed E-state index contributed by atoms with van der Waals surface area (Å²) in [6, 6.07) is 12.2. The van der Waals surface area contributed by atoms with Crippen molar-refractivity contribution in [3.8, 4) is 10.4 Å². The summed E-state index contributed by atoms with van der Waals surface area (Å²) in [6.07, 6.45) is 1.85. The van der Waals surface area contributed by atoms with Gasteiger partial charge in [-0.15, -0.1) is 11.3 Å². The highest BCUT2D eigenvalue weighted by Crippen LogP contribution is 2.41. The zero-order valence-electron chi connectivity index (χ0n) is 12.1. The number of aliphatic imine (C=N–C) groups is 1. The molecule has 3 aromatic rings. The third-order valence-electron chi connectivity index (χ3n) is 3.63. The summed E-state index contributed by atoms with van der Waals surface area (Å²) in [5.74, 6) is 0.839. The van der Waals surface area contributed by atoms with Crippen LogP contribution in [0.3, 0.4) is 0 Å². The van der Waals surface area contributed by atoms with Crippen LogP contribution in [0.4, 0.5) is 5.69 Å². The number of hydrogen-bond donors (Lipinski definition) is 2. The van der Waals surface area contributed by atoms with E-state index < -0.39 is 0 Å². The zero-order chi connectivity index (χ0) is 15.1. The summed E-state index contributed by atoms with van der Waals surface area (Å²) in [6.45, 7) is 6.16. The quantitative estimate of drug-likeness (QED) is 0.749.